The zero-order valence-corrected chi connectivity index (χ0v) is 10.1. The molecule has 0 aromatic heterocycles. The van der Waals surface area contributed by atoms with Crippen molar-refractivity contribution in [1.82, 2.24) is 0 Å². The zero-order chi connectivity index (χ0) is 7.15. The fourth-order valence-corrected chi connectivity index (χ4v) is 0. The van der Waals surface area contributed by atoms with Gasteiger partial charge in [-0.1, -0.05) is 0 Å². The summed E-state index contributed by atoms with van der Waals surface area (Å²) >= 11 is 0. The second-order valence-electron chi connectivity index (χ2n) is 2.19. The number of aliphatic hydroxyl groups is 2. The van der Waals surface area contributed by atoms with Gasteiger partial charge in [0.1, 0.15) is 0 Å². The van der Waals surface area contributed by atoms with E-state index in [1.54, 1.807) is 27.7 Å². The maximum Gasteiger partial charge on any atom is 2.00 e. The van der Waals surface area contributed by atoms with Crippen molar-refractivity contribution in [2.45, 2.75) is 39.9 Å². The first-order valence-corrected chi connectivity index (χ1v) is 2.83. The van der Waals surface area contributed by atoms with E-state index in [4.69, 9.17) is 10.2 Å². The summed E-state index contributed by atoms with van der Waals surface area (Å²) in [6.45, 7) is 6.89. The molecule has 11 heavy (non-hydrogen) atoms. The van der Waals surface area contributed by atoms with Crippen LogP contribution in [0.3, 0.4) is 0 Å². The van der Waals surface area contributed by atoms with Gasteiger partial charge in [0.15, 0.2) is 0 Å². The third-order valence-electron chi connectivity index (χ3n) is 0. The number of hydrogen-bond acceptors (Lipinski definition) is 2. The van der Waals surface area contributed by atoms with E-state index in [0.717, 1.165) is 0 Å². The van der Waals surface area contributed by atoms with E-state index < -0.39 is 0 Å². The van der Waals surface area contributed by atoms with Gasteiger partial charge in [0.25, 0.3) is 0 Å². The van der Waals surface area contributed by atoms with Gasteiger partial charge in [-0.2, -0.15) is 0 Å². The summed E-state index contributed by atoms with van der Waals surface area (Å²) in [6, 6.07) is 0. The van der Waals surface area contributed by atoms with Crippen LogP contribution < -0.4 is 0 Å². The summed E-state index contributed by atoms with van der Waals surface area (Å²) in [5.41, 5.74) is 0. The first kappa shape index (κ1) is 29.9. The van der Waals surface area contributed by atoms with Crippen LogP contribution in [0.1, 0.15) is 27.7 Å². The fourth-order valence-electron chi connectivity index (χ4n) is 0. The summed E-state index contributed by atoms with van der Waals surface area (Å²) in [5, 5.41) is 16.1. The van der Waals surface area contributed by atoms with Gasteiger partial charge in [-0.15, -0.1) is 0 Å². The van der Waals surface area contributed by atoms with Crippen LogP contribution in [0.4, 0.5) is 0 Å². The summed E-state index contributed by atoms with van der Waals surface area (Å²) < 4.78 is 0. The van der Waals surface area contributed by atoms with Crippen molar-refractivity contribution in [3.63, 3.8) is 0 Å². The van der Waals surface area contributed by atoms with E-state index in [2.05, 4.69) is 0 Å². The molecule has 0 aliphatic carbocycles. The van der Waals surface area contributed by atoms with Crippen LogP contribution in [0.15, 0.2) is 0 Å². The van der Waals surface area contributed by atoms with Crippen LogP contribution >= 0.6 is 0 Å². The number of hydrogen-bond donors (Lipinski definition) is 2. The van der Waals surface area contributed by atoms with Crippen molar-refractivity contribution >= 4 is 0 Å². The van der Waals surface area contributed by atoms with Crippen LogP contribution in [0.2, 0.25) is 0 Å². The Kier molecular flexibility index (Phi) is 60.9. The fraction of sp³-hybridized carbons (Fsp3) is 0.750. The predicted molar refractivity (Wildman–Crippen MR) is 47.5 cm³/mol. The second-order valence-corrected chi connectivity index (χ2v) is 2.19. The molecule has 2 nitrogen and oxygen atoms in total. The molecule has 0 aromatic rings. The minimum absolute atomic E-state index is 0. The predicted octanol–water partition coefficient (Wildman–Crippen LogP) is 1.67. The van der Waals surface area contributed by atoms with Crippen LogP contribution in [0, 0.1) is 14.9 Å². The smallest absolute Gasteiger partial charge is 0.394 e. The largest absolute Gasteiger partial charge is 2.00 e. The maximum absolute atomic E-state index is 8.06. The standard InChI is InChI=1S/2C3H8O.2CH3.Ti/c2*1-3(2)4;;;/h2*3-4H,1-2H3;2*1H3;/q;;2*-1;+2. The molecule has 0 atom stereocenters. The molecule has 0 spiro atoms. The molecule has 0 fully saturated rings. The third kappa shape index (κ3) is 1970. The average molecular weight is 198 g/mol. The molecule has 0 rings (SSSR count). The van der Waals surface area contributed by atoms with E-state index in [-0.39, 0.29) is 48.8 Å². The first-order valence-electron chi connectivity index (χ1n) is 2.83. The molecule has 0 aromatic carbocycles. The Balaban J connectivity index is -0.0000000171. The van der Waals surface area contributed by atoms with Gasteiger partial charge in [-0.3, -0.25) is 0 Å². The van der Waals surface area contributed by atoms with Crippen LogP contribution in [0.25, 0.3) is 0 Å². The molecule has 2 N–H and O–H groups in total. The van der Waals surface area contributed by atoms with Gasteiger partial charge in [0.2, 0.25) is 0 Å². The molecule has 0 amide bonds. The Labute approximate surface area is 86.9 Å². The second kappa shape index (κ2) is 22.4. The maximum atomic E-state index is 8.06. The number of rotatable bonds is 0. The summed E-state index contributed by atoms with van der Waals surface area (Å²) in [4.78, 5) is 0. The van der Waals surface area contributed by atoms with Crippen molar-refractivity contribution in [1.29, 1.82) is 0 Å². The minimum Gasteiger partial charge on any atom is -0.394 e. The molecular formula is C8H22O2Ti. The molecule has 0 saturated carbocycles. The molecular weight excluding hydrogens is 176 g/mol. The van der Waals surface area contributed by atoms with E-state index in [1.165, 1.54) is 0 Å². The van der Waals surface area contributed by atoms with Crippen LogP contribution in [0.5, 0.6) is 0 Å². The van der Waals surface area contributed by atoms with Crippen molar-refractivity contribution in [2.24, 2.45) is 0 Å². The SMILES string of the molecule is CC(C)O.CC(C)O.[CH3-].[CH3-].[Ti+2]. The summed E-state index contributed by atoms with van der Waals surface area (Å²) in [7, 11) is 0. The van der Waals surface area contributed by atoms with Gasteiger partial charge in [0, 0.05) is 12.2 Å². The average Bonchev–Trinajstić information content (AvgIpc) is 1.25. The molecule has 0 saturated heterocycles. The van der Waals surface area contributed by atoms with E-state index in [0.29, 0.717) is 0 Å². The third-order valence-corrected chi connectivity index (χ3v) is 0. The van der Waals surface area contributed by atoms with Crippen molar-refractivity contribution in [2.75, 3.05) is 0 Å². The number of aliphatic hydroxyl groups excluding tert-OH is 2. The quantitative estimate of drug-likeness (QED) is 0.459. The summed E-state index contributed by atoms with van der Waals surface area (Å²) in [5.74, 6) is 0. The molecule has 0 aliphatic heterocycles. The Hall–Kier alpha value is 0.634. The van der Waals surface area contributed by atoms with E-state index in [1.807, 2.05) is 0 Å². The van der Waals surface area contributed by atoms with Crippen molar-refractivity contribution < 1.29 is 31.9 Å². The topological polar surface area (TPSA) is 40.5 Å². The van der Waals surface area contributed by atoms with Gasteiger partial charge in [-0.25, -0.2) is 0 Å². The summed E-state index contributed by atoms with van der Waals surface area (Å²) in [6.07, 6.45) is -0.333. The van der Waals surface area contributed by atoms with Crippen molar-refractivity contribution in [3.8, 4) is 0 Å². The monoisotopic (exact) mass is 198 g/mol. The Bertz CT molecular complexity index is 27.6. The molecule has 3 heteroatoms. The molecule has 0 bridgehead atoms. The zero-order valence-electron chi connectivity index (χ0n) is 8.55. The molecule has 70 valence electrons. The van der Waals surface area contributed by atoms with Gasteiger partial charge < -0.3 is 25.1 Å². The minimum atomic E-state index is -0.167. The molecule has 0 aliphatic rings. The van der Waals surface area contributed by atoms with E-state index in [9.17, 15) is 0 Å². The van der Waals surface area contributed by atoms with Crippen molar-refractivity contribution in [3.05, 3.63) is 14.9 Å². The Morgan fingerprint density at radius 1 is 0.727 bits per heavy atom. The molecule has 0 radical (unpaired) electrons. The molecule has 0 heterocycles. The van der Waals surface area contributed by atoms with Crippen LogP contribution in [-0.4, -0.2) is 22.4 Å². The normalized spacial score (nSPS) is 6.55. The van der Waals surface area contributed by atoms with Gasteiger partial charge >= 0.3 is 21.7 Å². The van der Waals surface area contributed by atoms with Gasteiger partial charge in [0.05, 0.1) is 0 Å². The van der Waals surface area contributed by atoms with Gasteiger partial charge in [-0.05, 0) is 27.7 Å². The van der Waals surface area contributed by atoms with E-state index >= 15 is 0 Å². The Morgan fingerprint density at radius 3 is 0.727 bits per heavy atom. The molecule has 0 unspecified atom stereocenters. The Morgan fingerprint density at radius 2 is 0.727 bits per heavy atom. The van der Waals surface area contributed by atoms with Crippen LogP contribution in [-0.2, 0) is 21.7 Å². The first-order chi connectivity index (χ1) is 3.46.